The molecule has 112 valence electrons. The summed E-state index contributed by atoms with van der Waals surface area (Å²) >= 11 is 0. The molecule has 0 aliphatic heterocycles. The molecule has 20 heavy (non-hydrogen) atoms. The topological polar surface area (TPSA) is 9.23 Å². The number of ether oxygens (including phenoxy) is 1. The number of aryl methyl sites for hydroxylation is 1. The number of hydrogen-bond acceptors (Lipinski definition) is 1. The van der Waals surface area contributed by atoms with Crippen LogP contribution in [0.1, 0.15) is 44.6 Å². The van der Waals surface area contributed by atoms with Gasteiger partial charge in [0, 0.05) is 0 Å². The van der Waals surface area contributed by atoms with Gasteiger partial charge in [-0.25, -0.2) is 0 Å². The zero-order valence-electron chi connectivity index (χ0n) is 12.0. The van der Waals surface area contributed by atoms with Crippen molar-refractivity contribution in [3.8, 4) is 5.75 Å². The first-order valence-electron chi connectivity index (χ1n) is 7.37. The summed E-state index contributed by atoms with van der Waals surface area (Å²) in [6.45, 7) is -1.07. The SMILES string of the molecule is CCC1CCCC(Oc2ccc([B-](F)(F)F)cc2C)C1. The van der Waals surface area contributed by atoms with E-state index in [1.54, 1.807) is 6.92 Å². The largest absolute Gasteiger partial charge is 0.509 e. The third kappa shape index (κ3) is 3.71. The van der Waals surface area contributed by atoms with Gasteiger partial charge in [-0.3, -0.25) is 0 Å². The fourth-order valence-corrected chi connectivity index (χ4v) is 2.91. The van der Waals surface area contributed by atoms with Gasteiger partial charge in [-0.2, -0.15) is 0 Å². The smallest absolute Gasteiger partial charge is 0.490 e. The number of halogens is 3. The first-order chi connectivity index (χ1) is 9.40. The van der Waals surface area contributed by atoms with E-state index in [0.717, 1.165) is 31.7 Å². The van der Waals surface area contributed by atoms with E-state index in [9.17, 15) is 12.9 Å². The van der Waals surface area contributed by atoms with Crippen LogP contribution in [0.5, 0.6) is 5.75 Å². The Bertz CT molecular complexity index is 459. The van der Waals surface area contributed by atoms with Gasteiger partial charge >= 0.3 is 6.98 Å². The van der Waals surface area contributed by atoms with Crippen LogP contribution >= 0.6 is 0 Å². The molecular weight excluding hydrogens is 264 g/mol. The standard InChI is InChI=1S/C15H21BF3O/c1-3-12-5-4-6-14(10-12)20-15-8-7-13(9-11(15)2)16(17,18)19/h7-9,12,14H,3-6,10H2,1-2H3/q-1. The van der Waals surface area contributed by atoms with Crippen LogP contribution in [0, 0.1) is 12.8 Å². The van der Waals surface area contributed by atoms with E-state index in [0.29, 0.717) is 17.2 Å². The van der Waals surface area contributed by atoms with Crippen LogP contribution in [-0.4, -0.2) is 13.1 Å². The van der Waals surface area contributed by atoms with Gasteiger partial charge in [0.05, 0.1) is 6.10 Å². The van der Waals surface area contributed by atoms with Crippen molar-refractivity contribution >= 4 is 12.4 Å². The van der Waals surface area contributed by atoms with Gasteiger partial charge in [0.25, 0.3) is 0 Å². The molecule has 0 heterocycles. The lowest BCUT2D eigenvalue weighted by atomic mass is 9.79. The van der Waals surface area contributed by atoms with Crippen LogP contribution in [0.2, 0.25) is 0 Å². The molecule has 0 amide bonds. The average molecular weight is 285 g/mol. The van der Waals surface area contributed by atoms with E-state index in [1.807, 2.05) is 0 Å². The lowest BCUT2D eigenvalue weighted by molar-refractivity contribution is 0.121. The summed E-state index contributed by atoms with van der Waals surface area (Å²) in [5.41, 5.74) is 0.0188. The lowest BCUT2D eigenvalue weighted by Gasteiger charge is -2.29. The van der Waals surface area contributed by atoms with Gasteiger partial charge < -0.3 is 17.7 Å². The summed E-state index contributed by atoms with van der Waals surface area (Å²) in [4.78, 5) is 0. The molecule has 1 nitrogen and oxygen atoms in total. The predicted molar refractivity (Wildman–Crippen MR) is 76.6 cm³/mol. The Labute approximate surface area is 118 Å². The molecule has 5 heteroatoms. The van der Waals surface area contributed by atoms with E-state index in [-0.39, 0.29) is 6.10 Å². The fraction of sp³-hybridized carbons (Fsp3) is 0.600. The lowest BCUT2D eigenvalue weighted by Crippen LogP contribution is -2.34. The van der Waals surface area contributed by atoms with Crippen LogP contribution in [0.4, 0.5) is 12.9 Å². The number of rotatable bonds is 4. The number of benzene rings is 1. The van der Waals surface area contributed by atoms with Crippen molar-refractivity contribution in [1.29, 1.82) is 0 Å². The van der Waals surface area contributed by atoms with Gasteiger partial charge in [-0.15, -0.1) is 5.46 Å². The monoisotopic (exact) mass is 285 g/mol. The van der Waals surface area contributed by atoms with E-state index in [1.165, 1.54) is 18.6 Å². The Hall–Kier alpha value is -1.13. The summed E-state index contributed by atoms with van der Waals surface area (Å²) in [6.07, 6.45) is 5.70. The summed E-state index contributed by atoms with van der Waals surface area (Å²) in [5, 5.41) is 0. The van der Waals surface area contributed by atoms with Crippen molar-refractivity contribution < 1.29 is 17.7 Å². The van der Waals surface area contributed by atoms with Crippen molar-refractivity contribution in [2.24, 2.45) is 5.92 Å². The molecule has 0 bridgehead atoms. The van der Waals surface area contributed by atoms with E-state index in [2.05, 4.69) is 6.92 Å². The van der Waals surface area contributed by atoms with E-state index in [4.69, 9.17) is 4.74 Å². The molecule has 1 aliphatic rings. The Kier molecular flexibility index (Phi) is 4.66. The van der Waals surface area contributed by atoms with Crippen LogP contribution in [-0.2, 0) is 0 Å². The van der Waals surface area contributed by atoms with Crippen molar-refractivity contribution in [3.63, 3.8) is 0 Å². The quantitative estimate of drug-likeness (QED) is 0.745. The van der Waals surface area contributed by atoms with E-state index < -0.39 is 12.4 Å². The van der Waals surface area contributed by atoms with Crippen LogP contribution in [0.3, 0.4) is 0 Å². The van der Waals surface area contributed by atoms with Gasteiger partial charge in [0.1, 0.15) is 5.75 Å². The Morgan fingerprint density at radius 1 is 1.25 bits per heavy atom. The summed E-state index contributed by atoms with van der Waals surface area (Å²) in [7, 11) is 0. The predicted octanol–water partition coefficient (Wildman–Crippen LogP) is 4.40. The second-order valence-electron chi connectivity index (χ2n) is 5.78. The minimum absolute atomic E-state index is 0.148. The van der Waals surface area contributed by atoms with Crippen molar-refractivity contribution in [2.75, 3.05) is 0 Å². The fourth-order valence-electron chi connectivity index (χ4n) is 2.91. The van der Waals surface area contributed by atoms with E-state index >= 15 is 0 Å². The van der Waals surface area contributed by atoms with Crippen molar-refractivity contribution in [2.45, 2.75) is 52.1 Å². The second-order valence-corrected chi connectivity index (χ2v) is 5.78. The molecule has 2 rings (SSSR count). The minimum atomic E-state index is -4.93. The second kappa shape index (κ2) is 6.11. The summed E-state index contributed by atoms with van der Waals surface area (Å²) in [6, 6.07) is 3.79. The van der Waals surface area contributed by atoms with Gasteiger partial charge in [-0.05, 0) is 43.7 Å². The van der Waals surface area contributed by atoms with Crippen LogP contribution in [0.25, 0.3) is 0 Å². The Balaban J connectivity index is 2.06. The first-order valence-corrected chi connectivity index (χ1v) is 7.37. The first kappa shape index (κ1) is 15.3. The average Bonchev–Trinajstić information content (AvgIpc) is 2.40. The van der Waals surface area contributed by atoms with Crippen molar-refractivity contribution in [3.05, 3.63) is 23.8 Å². The Morgan fingerprint density at radius 2 is 2.00 bits per heavy atom. The molecule has 1 aromatic rings. The molecule has 0 aromatic heterocycles. The van der Waals surface area contributed by atoms with Gasteiger partial charge in [-0.1, -0.05) is 31.9 Å². The molecule has 0 N–H and O–H groups in total. The van der Waals surface area contributed by atoms with Crippen LogP contribution in [0.15, 0.2) is 18.2 Å². The zero-order valence-corrected chi connectivity index (χ0v) is 12.0. The highest BCUT2D eigenvalue weighted by Crippen LogP contribution is 2.30. The molecule has 0 spiro atoms. The third-order valence-electron chi connectivity index (χ3n) is 4.18. The normalized spacial score (nSPS) is 23.6. The highest BCUT2D eigenvalue weighted by Gasteiger charge is 2.27. The maximum atomic E-state index is 12.7. The van der Waals surface area contributed by atoms with Crippen molar-refractivity contribution in [1.82, 2.24) is 0 Å². The molecule has 1 aliphatic carbocycles. The molecule has 2 unspecified atom stereocenters. The molecule has 2 atom stereocenters. The maximum absolute atomic E-state index is 12.7. The molecule has 0 radical (unpaired) electrons. The maximum Gasteiger partial charge on any atom is 0.509 e. The minimum Gasteiger partial charge on any atom is -0.490 e. The van der Waals surface area contributed by atoms with Crippen LogP contribution < -0.4 is 10.2 Å². The third-order valence-corrected chi connectivity index (χ3v) is 4.18. The molecular formula is C15H21BF3O-. The molecule has 1 saturated carbocycles. The summed E-state index contributed by atoms with van der Waals surface area (Å²) in [5.74, 6) is 1.28. The van der Waals surface area contributed by atoms with Gasteiger partial charge in [0.15, 0.2) is 0 Å². The Morgan fingerprint density at radius 3 is 2.60 bits per heavy atom. The summed E-state index contributed by atoms with van der Waals surface area (Å²) < 4.78 is 44.0. The highest BCUT2D eigenvalue weighted by atomic mass is 19.4. The molecule has 0 saturated heterocycles. The highest BCUT2D eigenvalue weighted by molar-refractivity contribution is 6.73. The number of hydrogen-bond donors (Lipinski definition) is 0. The molecule has 1 aromatic carbocycles. The van der Waals surface area contributed by atoms with Gasteiger partial charge in [0.2, 0.25) is 0 Å². The molecule has 1 fully saturated rings. The zero-order chi connectivity index (χ0) is 14.8.